The maximum atomic E-state index is 5.63. The van der Waals surface area contributed by atoms with Gasteiger partial charge in [-0.05, 0) is 31.5 Å². The lowest BCUT2D eigenvalue weighted by Crippen LogP contribution is -2.22. The largest absolute Gasteiger partial charge is 0.491 e. The quantitative estimate of drug-likeness (QED) is 0.792. The van der Waals surface area contributed by atoms with E-state index in [-0.39, 0.29) is 0 Å². The number of fused-ring (bicyclic) bond motifs is 1. The maximum Gasteiger partial charge on any atom is 0.124 e. The molecular weight excluding hydrogens is 174 g/mol. The SMILES string of the molecule is CCCNC1COc2cc(C)ccc21. The molecule has 0 saturated heterocycles. The van der Waals surface area contributed by atoms with Crippen molar-refractivity contribution in [1.82, 2.24) is 5.32 Å². The molecule has 14 heavy (non-hydrogen) atoms. The molecule has 1 heterocycles. The molecule has 0 bridgehead atoms. The molecule has 2 nitrogen and oxygen atoms in total. The Kier molecular flexibility index (Phi) is 2.73. The van der Waals surface area contributed by atoms with Gasteiger partial charge in [0.25, 0.3) is 0 Å². The Hall–Kier alpha value is -1.02. The monoisotopic (exact) mass is 191 g/mol. The molecule has 1 unspecified atom stereocenters. The van der Waals surface area contributed by atoms with Crippen molar-refractivity contribution < 1.29 is 4.74 Å². The van der Waals surface area contributed by atoms with E-state index in [1.165, 1.54) is 11.1 Å². The van der Waals surface area contributed by atoms with Gasteiger partial charge in [0.2, 0.25) is 0 Å². The molecule has 1 aromatic rings. The third kappa shape index (κ3) is 1.75. The van der Waals surface area contributed by atoms with Crippen LogP contribution in [-0.2, 0) is 0 Å². The fraction of sp³-hybridized carbons (Fsp3) is 0.500. The molecule has 1 N–H and O–H groups in total. The second-order valence-electron chi connectivity index (χ2n) is 3.86. The van der Waals surface area contributed by atoms with Gasteiger partial charge >= 0.3 is 0 Å². The van der Waals surface area contributed by atoms with Crippen molar-refractivity contribution in [2.24, 2.45) is 0 Å². The van der Waals surface area contributed by atoms with Crippen LogP contribution in [0.5, 0.6) is 5.75 Å². The summed E-state index contributed by atoms with van der Waals surface area (Å²) in [6.45, 7) is 6.11. The number of hydrogen-bond acceptors (Lipinski definition) is 2. The van der Waals surface area contributed by atoms with Gasteiger partial charge in [0, 0.05) is 5.56 Å². The highest BCUT2D eigenvalue weighted by atomic mass is 16.5. The van der Waals surface area contributed by atoms with Crippen LogP contribution in [0.2, 0.25) is 0 Å². The first-order valence-electron chi connectivity index (χ1n) is 5.28. The fourth-order valence-electron chi connectivity index (χ4n) is 1.80. The zero-order valence-corrected chi connectivity index (χ0v) is 8.84. The van der Waals surface area contributed by atoms with Crippen LogP contribution in [0.3, 0.4) is 0 Å². The summed E-state index contributed by atoms with van der Waals surface area (Å²) in [6.07, 6.45) is 1.16. The van der Waals surface area contributed by atoms with E-state index in [2.05, 4.69) is 37.4 Å². The first-order valence-corrected chi connectivity index (χ1v) is 5.28. The van der Waals surface area contributed by atoms with Crippen LogP contribution in [0.4, 0.5) is 0 Å². The van der Waals surface area contributed by atoms with E-state index in [4.69, 9.17) is 4.74 Å². The van der Waals surface area contributed by atoms with Crippen LogP contribution in [0.25, 0.3) is 0 Å². The predicted octanol–water partition coefficient (Wildman–Crippen LogP) is 2.43. The van der Waals surface area contributed by atoms with Gasteiger partial charge in [-0.1, -0.05) is 19.1 Å². The zero-order chi connectivity index (χ0) is 9.97. The standard InChI is InChI=1S/C12H17NO/c1-3-6-13-11-8-14-12-7-9(2)4-5-10(11)12/h4-5,7,11,13H,3,6,8H2,1-2H3. The molecule has 0 spiro atoms. The topological polar surface area (TPSA) is 21.3 Å². The van der Waals surface area contributed by atoms with E-state index in [0.717, 1.165) is 25.3 Å². The van der Waals surface area contributed by atoms with Gasteiger partial charge in [-0.2, -0.15) is 0 Å². The molecule has 0 saturated carbocycles. The highest BCUT2D eigenvalue weighted by Crippen LogP contribution is 2.32. The number of rotatable bonds is 3. The van der Waals surface area contributed by atoms with Crippen LogP contribution in [-0.4, -0.2) is 13.2 Å². The minimum Gasteiger partial charge on any atom is -0.491 e. The van der Waals surface area contributed by atoms with Crippen molar-refractivity contribution in [3.05, 3.63) is 29.3 Å². The van der Waals surface area contributed by atoms with E-state index in [0.29, 0.717) is 6.04 Å². The minimum atomic E-state index is 0.394. The molecule has 2 heteroatoms. The minimum absolute atomic E-state index is 0.394. The third-order valence-corrected chi connectivity index (χ3v) is 2.59. The summed E-state index contributed by atoms with van der Waals surface area (Å²) in [5.74, 6) is 1.05. The Morgan fingerprint density at radius 2 is 2.36 bits per heavy atom. The summed E-state index contributed by atoms with van der Waals surface area (Å²) in [5, 5.41) is 3.48. The van der Waals surface area contributed by atoms with E-state index in [1.807, 2.05) is 0 Å². The normalized spacial score (nSPS) is 19.1. The first-order chi connectivity index (χ1) is 6.81. The van der Waals surface area contributed by atoms with Crippen molar-refractivity contribution in [2.45, 2.75) is 26.3 Å². The van der Waals surface area contributed by atoms with Crippen LogP contribution in [0.15, 0.2) is 18.2 Å². The third-order valence-electron chi connectivity index (χ3n) is 2.59. The van der Waals surface area contributed by atoms with Gasteiger partial charge in [-0.3, -0.25) is 0 Å². The Labute approximate surface area is 85.3 Å². The lowest BCUT2D eigenvalue weighted by atomic mass is 10.1. The Balaban J connectivity index is 2.14. The Bertz CT molecular complexity index is 322. The highest BCUT2D eigenvalue weighted by Gasteiger charge is 2.22. The molecular formula is C12H17NO. The van der Waals surface area contributed by atoms with E-state index < -0.39 is 0 Å². The first kappa shape index (κ1) is 9.53. The van der Waals surface area contributed by atoms with Crippen LogP contribution >= 0.6 is 0 Å². The molecule has 1 aliphatic heterocycles. The molecule has 76 valence electrons. The molecule has 1 aliphatic rings. The number of nitrogens with one attached hydrogen (secondary N) is 1. The molecule has 0 radical (unpaired) electrons. The molecule has 0 fully saturated rings. The van der Waals surface area contributed by atoms with E-state index >= 15 is 0 Å². The van der Waals surface area contributed by atoms with Crippen LogP contribution < -0.4 is 10.1 Å². The number of hydrogen-bond donors (Lipinski definition) is 1. The van der Waals surface area contributed by atoms with E-state index in [9.17, 15) is 0 Å². The maximum absolute atomic E-state index is 5.63. The van der Waals surface area contributed by atoms with Gasteiger partial charge in [-0.15, -0.1) is 0 Å². The number of benzene rings is 1. The lowest BCUT2D eigenvalue weighted by molar-refractivity contribution is 0.311. The second kappa shape index (κ2) is 4.01. The average molecular weight is 191 g/mol. The predicted molar refractivity (Wildman–Crippen MR) is 57.7 cm³/mol. The van der Waals surface area contributed by atoms with Crippen molar-refractivity contribution in [2.75, 3.05) is 13.2 Å². The summed E-state index contributed by atoms with van der Waals surface area (Å²) in [5.41, 5.74) is 2.57. The van der Waals surface area contributed by atoms with Crippen molar-refractivity contribution in [3.63, 3.8) is 0 Å². The molecule has 0 amide bonds. The van der Waals surface area contributed by atoms with Gasteiger partial charge in [0.15, 0.2) is 0 Å². The van der Waals surface area contributed by atoms with Crippen LogP contribution in [0, 0.1) is 6.92 Å². The van der Waals surface area contributed by atoms with Crippen molar-refractivity contribution in [3.8, 4) is 5.75 Å². The zero-order valence-electron chi connectivity index (χ0n) is 8.84. The molecule has 1 atom stereocenters. The summed E-state index contributed by atoms with van der Waals surface area (Å²) in [4.78, 5) is 0. The Morgan fingerprint density at radius 1 is 1.50 bits per heavy atom. The summed E-state index contributed by atoms with van der Waals surface area (Å²) >= 11 is 0. The average Bonchev–Trinajstić information content (AvgIpc) is 2.57. The van der Waals surface area contributed by atoms with Gasteiger partial charge in [0.05, 0.1) is 6.04 Å². The summed E-state index contributed by atoms with van der Waals surface area (Å²) in [6, 6.07) is 6.83. The van der Waals surface area contributed by atoms with Crippen molar-refractivity contribution in [1.29, 1.82) is 0 Å². The number of aryl methyl sites for hydroxylation is 1. The smallest absolute Gasteiger partial charge is 0.124 e. The Morgan fingerprint density at radius 3 is 3.14 bits per heavy atom. The fourth-order valence-corrected chi connectivity index (χ4v) is 1.80. The van der Waals surface area contributed by atoms with Crippen LogP contribution in [0.1, 0.15) is 30.5 Å². The highest BCUT2D eigenvalue weighted by molar-refractivity contribution is 5.42. The summed E-state index contributed by atoms with van der Waals surface area (Å²) < 4.78 is 5.63. The lowest BCUT2D eigenvalue weighted by Gasteiger charge is -2.09. The van der Waals surface area contributed by atoms with Gasteiger partial charge in [0.1, 0.15) is 12.4 Å². The molecule has 1 aromatic carbocycles. The second-order valence-corrected chi connectivity index (χ2v) is 3.86. The van der Waals surface area contributed by atoms with Gasteiger partial charge in [-0.25, -0.2) is 0 Å². The number of ether oxygens (including phenoxy) is 1. The van der Waals surface area contributed by atoms with E-state index in [1.54, 1.807) is 0 Å². The van der Waals surface area contributed by atoms with Crippen molar-refractivity contribution >= 4 is 0 Å². The molecule has 0 aliphatic carbocycles. The van der Waals surface area contributed by atoms with Gasteiger partial charge < -0.3 is 10.1 Å². The summed E-state index contributed by atoms with van der Waals surface area (Å²) in [7, 11) is 0. The molecule has 2 rings (SSSR count). The molecule has 0 aromatic heterocycles.